The number of nitrogens with one attached hydrogen (secondary N) is 1. The minimum Gasteiger partial charge on any atom is -0.726 e. The average molecular weight is 895 g/mol. The lowest BCUT2D eigenvalue weighted by molar-refractivity contribution is -0.934. The summed E-state index contributed by atoms with van der Waals surface area (Å²) in [6.45, 7) is 20.3. The fraction of sp³-hybridized carbons (Fsp3) is 0.600. The van der Waals surface area contributed by atoms with Gasteiger partial charge in [0.2, 0.25) is 37.0 Å². The van der Waals surface area contributed by atoms with E-state index in [9.17, 15) is 48.5 Å². The van der Waals surface area contributed by atoms with Crippen molar-refractivity contribution in [3.05, 3.63) is 59.7 Å². The van der Waals surface area contributed by atoms with Crippen LogP contribution in [0.3, 0.4) is 0 Å². The molecule has 2 aromatic carbocycles. The molecular weight excluding hydrogens is 833 g/mol. The standard InChI is InChI=1S/2C16H26NOS.3CH4O4S/c2*1-7-17(8-2)16(3,4)15(18)13-9-11-14(12-10-13)19(5)6;3*1-5-6(2,3)4/h2*9-12H,7-8H2,1-6H3;3*1H3,(H,2,3,4)/q2*+1;;;/p-2. The van der Waals surface area contributed by atoms with Crippen LogP contribution in [0.4, 0.5) is 0 Å². The van der Waals surface area contributed by atoms with Crippen LogP contribution in [0.5, 0.6) is 0 Å². The van der Waals surface area contributed by atoms with Crippen LogP contribution in [0.2, 0.25) is 0 Å². The van der Waals surface area contributed by atoms with Crippen LogP contribution < -0.4 is 4.90 Å². The van der Waals surface area contributed by atoms with Gasteiger partial charge in [0, 0.05) is 32.9 Å². The van der Waals surface area contributed by atoms with Crippen molar-refractivity contribution in [2.75, 3.05) is 72.5 Å². The first-order valence-electron chi connectivity index (χ1n) is 17.0. The molecule has 0 aliphatic heterocycles. The highest BCUT2D eigenvalue weighted by Gasteiger charge is 2.37. The third-order valence-electron chi connectivity index (χ3n) is 8.20. The van der Waals surface area contributed by atoms with E-state index in [-0.39, 0.29) is 38.9 Å². The molecule has 0 fully saturated rings. The third kappa shape index (κ3) is 24.1. The number of hydrogen-bond donors (Lipinski definition) is 1. The minimum absolute atomic E-state index is 0.204. The van der Waals surface area contributed by atoms with Crippen LogP contribution in [-0.4, -0.2) is 139 Å². The van der Waals surface area contributed by atoms with E-state index >= 15 is 0 Å². The molecule has 0 spiro atoms. The second kappa shape index (κ2) is 26.9. The van der Waals surface area contributed by atoms with Crippen molar-refractivity contribution in [3.63, 3.8) is 0 Å². The summed E-state index contributed by atoms with van der Waals surface area (Å²) < 4.78 is 93.1. The quantitative estimate of drug-likeness (QED) is 0.117. The van der Waals surface area contributed by atoms with E-state index in [1.54, 1.807) is 0 Å². The van der Waals surface area contributed by atoms with Gasteiger partial charge in [0.05, 0.1) is 40.0 Å². The maximum absolute atomic E-state index is 12.7. The van der Waals surface area contributed by atoms with Crippen LogP contribution in [-0.2, 0) is 65.5 Å². The Labute approximate surface area is 342 Å². The number of Topliss-reactive ketones (excluding diaryl/α,β-unsaturated/α-hetero) is 2. The Hall–Kier alpha value is -1.99. The van der Waals surface area contributed by atoms with Gasteiger partial charge in [-0.15, -0.1) is 0 Å². The number of likely N-dealkylation sites (N-methyl/N-ethyl adjacent to an activating group) is 2. The lowest BCUT2D eigenvalue weighted by Crippen LogP contribution is -3.20. The smallest absolute Gasteiger partial charge is 0.222 e. The predicted molar refractivity (Wildman–Crippen MR) is 220 cm³/mol. The topological polar surface area (TPSA) is 241 Å². The van der Waals surface area contributed by atoms with Crippen LogP contribution in [0.1, 0.15) is 76.1 Å². The van der Waals surface area contributed by atoms with Gasteiger partial charge < -0.3 is 18.6 Å². The molecule has 0 radical (unpaired) electrons. The highest BCUT2D eigenvalue weighted by molar-refractivity contribution is 7.95. The van der Waals surface area contributed by atoms with Gasteiger partial charge in [0.25, 0.3) is 0 Å². The fourth-order valence-corrected chi connectivity index (χ4v) is 6.28. The summed E-state index contributed by atoms with van der Waals surface area (Å²) in [7, 11) is -10.3. The Balaban J connectivity index is -0.000000703. The van der Waals surface area contributed by atoms with Crippen molar-refractivity contribution in [3.8, 4) is 0 Å². The van der Waals surface area contributed by atoms with E-state index in [1.807, 2.05) is 38.1 Å². The third-order valence-corrected chi connectivity index (χ3v) is 11.9. The van der Waals surface area contributed by atoms with Crippen LogP contribution in [0.25, 0.3) is 0 Å². The molecule has 56 heavy (non-hydrogen) atoms. The molecule has 2 aromatic rings. The minimum atomic E-state index is -4.41. The van der Waals surface area contributed by atoms with E-state index in [4.69, 9.17) is 0 Å². The molecule has 0 saturated carbocycles. The molecule has 0 saturated heterocycles. The van der Waals surface area contributed by atoms with Crippen molar-refractivity contribution in [2.45, 2.75) is 76.3 Å². The summed E-state index contributed by atoms with van der Waals surface area (Å²) in [6, 6.07) is 16.2. The molecule has 0 aliphatic carbocycles. The second-order valence-corrected chi connectivity index (χ2v) is 20.4. The first-order chi connectivity index (χ1) is 25.4. The zero-order chi connectivity index (χ0) is 44.9. The monoisotopic (exact) mass is 894 g/mol. The molecule has 0 atom stereocenters. The zero-order valence-electron chi connectivity index (χ0n) is 35.2. The first-order valence-corrected chi connectivity index (χ1v) is 25.0. The highest BCUT2D eigenvalue weighted by atomic mass is 32.3. The number of carbonyl (C=O) groups excluding carboxylic acids is 2. The first kappa shape index (κ1) is 58.3. The molecule has 0 aromatic heterocycles. The number of benzene rings is 2. The molecule has 0 amide bonds. The van der Waals surface area contributed by atoms with Gasteiger partial charge in [-0.3, -0.25) is 27.0 Å². The SMILES string of the molecule is CCN(CC)C(C)(C)C(=O)c1ccc([S+](C)C)cc1.CC[NH+](CC)C(C)(C)C(=O)c1ccc([S+](C)C)cc1.COS(=O)(=O)[O-].COS(=O)(=O)[O-].COS(=O)(=O)[O-]. The Bertz CT molecular complexity index is 1600. The van der Waals surface area contributed by atoms with Crippen LogP contribution in [0, 0.1) is 0 Å². The summed E-state index contributed by atoms with van der Waals surface area (Å²) >= 11 is 0. The Morgan fingerprint density at radius 3 is 1.04 bits per heavy atom. The summed E-state index contributed by atoms with van der Waals surface area (Å²) in [4.78, 5) is 31.5. The molecular formula is C35H62N2O14S5. The molecule has 1 N–H and O–H groups in total. The second-order valence-electron chi connectivity index (χ2n) is 12.7. The number of quaternary nitrogens is 1. The van der Waals surface area contributed by atoms with Gasteiger partial charge in [0.15, 0.2) is 21.1 Å². The molecule has 0 unspecified atom stereocenters. The van der Waals surface area contributed by atoms with Gasteiger partial charge in [-0.2, -0.15) is 0 Å². The summed E-state index contributed by atoms with van der Waals surface area (Å²) in [5.74, 6) is 0.444. The molecule has 0 heterocycles. The average Bonchev–Trinajstić information content (AvgIpc) is 3.12. The number of rotatable bonds is 15. The maximum atomic E-state index is 12.7. The maximum Gasteiger partial charge on any atom is 0.222 e. The molecule has 2 rings (SSSR count). The van der Waals surface area contributed by atoms with Crippen LogP contribution >= 0.6 is 0 Å². The van der Waals surface area contributed by atoms with E-state index in [2.05, 4.69) is 108 Å². The molecule has 16 nitrogen and oxygen atoms in total. The van der Waals surface area contributed by atoms with Crippen molar-refractivity contribution in [1.29, 1.82) is 0 Å². The number of nitrogens with zero attached hydrogens (tertiary/aromatic N) is 1. The van der Waals surface area contributed by atoms with Crippen LogP contribution in [0.15, 0.2) is 58.3 Å². The molecule has 0 aliphatic rings. The van der Waals surface area contributed by atoms with E-state index in [0.29, 0.717) is 0 Å². The van der Waals surface area contributed by atoms with E-state index < -0.39 is 36.7 Å². The molecule has 0 bridgehead atoms. The van der Waals surface area contributed by atoms with E-state index in [1.165, 1.54) is 14.7 Å². The van der Waals surface area contributed by atoms with Crippen molar-refractivity contribution < 1.29 is 65.9 Å². The van der Waals surface area contributed by atoms with Gasteiger partial charge in [-0.1, -0.05) is 13.8 Å². The Morgan fingerprint density at radius 1 is 0.589 bits per heavy atom. The highest BCUT2D eigenvalue weighted by Crippen LogP contribution is 2.22. The summed E-state index contributed by atoms with van der Waals surface area (Å²) in [6.07, 6.45) is 8.77. The Kier molecular flexibility index (Phi) is 28.0. The fourth-order valence-electron chi connectivity index (χ4n) is 4.92. The van der Waals surface area contributed by atoms with Crippen molar-refractivity contribution in [1.82, 2.24) is 4.90 Å². The predicted octanol–water partition coefficient (Wildman–Crippen LogP) is 2.31. The van der Waals surface area contributed by atoms with Gasteiger partial charge in [-0.05, 0) is 103 Å². The number of hydrogen-bond acceptors (Lipinski definition) is 15. The number of ketones is 2. The Morgan fingerprint density at radius 2 is 0.839 bits per heavy atom. The zero-order valence-corrected chi connectivity index (χ0v) is 39.2. The molecule has 326 valence electrons. The lowest BCUT2D eigenvalue weighted by Gasteiger charge is -2.35. The largest absolute Gasteiger partial charge is 0.726 e. The lowest BCUT2D eigenvalue weighted by atomic mass is 9.91. The summed E-state index contributed by atoms with van der Waals surface area (Å²) in [5.41, 5.74) is 0.848. The van der Waals surface area contributed by atoms with Crippen molar-refractivity contribution in [2.24, 2.45) is 0 Å². The molecule has 21 heteroatoms. The van der Waals surface area contributed by atoms with Crippen molar-refractivity contribution >= 4 is 64.6 Å². The van der Waals surface area contributed by atoms with Gasteiger partial charge in [0.1, 0.15) is 25.0 Å². The van der Waals surface area contributed by atoms with Gasteiger partial charge >= 0.3 is 0 Å². The summed E-state index contributed by atoms with van der Waals surface area (Å²) in [5, 5.41) is 0. The normalized spacial score (nSPS) is 12.0. The van der Waals surface area contributed by atoms with E-state index in [0.717, 1.165) is 58.6 Å². The van der Waals surface area contributed by atoms with Gasteiger partial charge in [-0.25, -0.2) is 25.3 Å². The number of carbonyl (C=O) groups is 2.